The number of thiazole rings is 1. The first kappa shape index (κ1) is 13.6. The van der Waals surface area contributed by atoms with Gasteiger partial charge in [-0.05, 0) is 18.1 Å². The summed E-state index contributed by atoms with van der Waals surface area (Å²) in [4.78, 5) is 20.1. The van der Waals surface area contributed by atoms with E-state index in [9.17, 15) is 9.90 Å². The van der Waals surface area contributed by atoms with E-state index in [1.54, 1.807) is 6.20 Å². The van der Waals surface area contributed by atoms with E-state index in [0.717, 1.165) is 29.0 Å². The number of hydrogen-bond acceptors (Lipinski definition) is 5. The molecule has 0 spiro atoms. The van der Waals surface area contributed by atoms with Crippen molar-refractivity contribution in [2.45, 2.75) is 20.0 Å². The number of rotatable bonds is 5. The first-order chi connectivity index (χ1) is 9.17. The van der Waals surface area contributed by atoms with E-state index in [1.165, 1.54) is 7.11 Å². The van der Waals surface area contributed by atoms with Crippen molar-refractivity contribution in [3.05, 3.63) is 34.5 Å². The molecule has 0 aliphatic heterocycles. The Labute approximate surface area is 114 Å². The molecule has 2 aromatic heterocycles. The Morgan fingerprint density at radius 3 is 2.95 bits per heavy atom. The van der Waals surface area contributed by atoms with Crippen LogP contribution in [0.3, 0.4) is 0 Å². The highest BCUT2D eigenvalue weighted by atomic mass is 32.1. The molecule has 0 amide bonds. The molecule has 100 valence electrons. The Morgan fingerprint density at radius 1 is 1.53 bits per heavy atom. The van der Waals surface area contributed by atoms with Gasteiger partial charge in [-0.3, -0.25) is 4.98 Å². The Morgan fingerprint density at radius 2 is 2.32 bits per heavy atom. The van der Waals surface area contributed by atoms with E-state index in [0.29, 0.717) is 10.7 Å². The minimum atomic E-state index is -0.982. The van der Waals surface area contributed by atoms with Crippen LogP contribution in [-0.2, 0) is 17.8 Å². The lowest BCUT2D eigenvalue weighted by atomic mass is 10.1. The van der Waals surface area contributed by atoms with E-state index in [4.69, 9.17) is 4.74 Å². The third-order valence-electron chi connectivity index (χ3n) is 2.65. The van der Waals surface area contributed by atoms with Crippen LogP contribution in [0.25, 0.3) is 10.7 Å². The first-order valence-corrected chi connectivity index (χ1v) is 6.65. The number of carboxylic acids is 1. The summed E-state index contributed by atoms with van der Waals surface area (Å²) in [6.07, 6.45) is 2.51. The second-order valence-corrected chi connectivity index (χ2v) is 4.90. The van der Waals surface area contributed by atoms with Gasteiger partial charge in [0.2, 0.25) is 0 Å². The van der Waals surface area contributed by atoms with Gasteiger partial charge in [-0.25, -0.2) is 9.78 Å². The quantitative estimate of drug-likeness (QED) is 0.910. The van der Waals surface area contributed by atoms with Crippen molar-refractivity contribution in [3.63, 3.8) is 0 Å². The predicted octanol–water partition coefficient (Wildman–Crippen LogP) is 2.61. The maximum atomic E-state index is 11.2. The van der Waals surface area contributed by atoms with Crippen LogP contribution in [0.2, 0.25) is 0 Å². The Kier molecular flexibility index (Phi) is 4.24. The van der Waals surface area contributed by atoms with Crippen LogP contribution in [0.5, 0.6) is 0 Å². The molecule has 0 aliphatic carbocycles. The number of carboxylic acid groups (broad SMARTS) is 1. The second-order valence-electron chi connectivity index (χ2n) is 3.90. The number of methoxy groups -OCH3 is 1. The van der Waals surface area contributed by atoms with Gasteiger partial charge in [0.1, 0.15) is 15.6 Å². The third-order valence-corrected chi connectivity index (χ3v) is 3.74. The van der Waals surface area contributed by atoms with Gasteiger partial charge >= 0.3 is 5.97 Å². The van der Waals surface area contributed by atoms with Gasteiger partial charge < -0.3 is 9.84 Å². The fourth-order valence-electron chi connectivity index (χ4n) is 1.77. The number of ether oxygens (including phenoxy) is 1. The van der Waals surface area contributed by atoms with Crippen molar-refractivity contribution >= 4 is 17.3 Å². The van der Waals surface area contributed by atoms with E-state index >= 15 is 0 Å². The number of hydrogen-bond donors (Lipinski definition) is 1. The van der Waals surface area contributed by atoms with Gasteiger partial charge in [-0.1, -0.05) is 13.0 Å². The molecule has 1 N–H and O–H groups in total. The van der Waals surface area contributed by atoms with Crippen LogP contribution in [0.15, 0.2) is 18.3 Å². The maximum absolute atomic E-state index is 11.2. The Bertz CT molecular complexity index is 595. The molecule has 19 heavy (non-hydrogen) atoms. The van der Waals surface area contributed by atoms with Gasteiger partial charge in [0.15, 0.2) is 0 Å². The molecule has 0 radical (unpaired) electrons. The van der Waals surface area contributed by atoms with E-state index in [-0.39, 0.29) is 11.5 Å². The van der Waals surface area contributed by atoms with Crippen LogP contribution in [-0.4, -0.2) is 28.2 Å². The number of aryl methyl sites for hydroxylation is 1. The Hall–Kier alpha value is -1.79. The zero-order valence-electron chi connectivity index (χ0n) is 10.7. The van der Waals surface area contributed by atoms with E-state index in [1.807, 2.05) is 19.1 Å². The molecule has 0 bridgehead atoms. The summed E-state index contributed by atoms with van der Waals surface area (Å²) in [6.45, 7) is 2.22. The lowest BCUT2D eigenvalue weighted by Crippen LogP contribution is -1.99. The topological polar surface area (TPSA) is 72.3 Å². The van der Waals surface area contributed by atoms with E-state index < -0.39 is 5.97 Å². The molecule has 2 heterocycles. The molecular formula is C13H14N2O3S. The van der Waals surface area contributed by atoms with Gasteiger partial charge in [-0.15, -0.1) is 11.3 Å². The van der Waals surface area contributed by atoms with Crippen molar-refractivity contribution in [1.29, 1.82) is 0 Å². The van der Waals surface area contributed by atoms with Crippen LogP contribution < -0.4 is 0 Å². The summed E-state index contributed by atoms with van der Waals surface area (Å²) < 4.78 is 4.98. The largest absolute Gasteiger partial charge is 0.477 e. The van der Waals surface area contributed by atoms with Crippen molar-refractivity contribution in [2.24, 2.45) is 0 Å². The molecule has 0 saturated heterocycles. The molecule has 0 atom stereocenters. The molecular weight excluding hydrogens is 264 g/mol. The average Bonchev–Trinajstić information content (AvgIpc) is 2.83. The standard InChI is InChI=1S/C13H14N2O3S/c1-3-8-5-4-6-14-10(8)12-15-9(7-18-2)11(19-12)13(16)17/h4-6H,3,7H2,1-2H3,(H,16,17). The lowest BCUT2D eigenvalue weighted by molar-refractivity contribution is 0.0697. The molecule has 0 unspecified atom stereocenters. The fourth-order valence-corrected chi connectivity index (χ4v) is 2.71. The van der Waals surface area contributed by atoms with Crippen LogP contribution in [0.1, 0.15) is 27.9 Å². The third kappa shape index (κ3) is 2.80. The number of aromatic carboxylic acids is 1. The molecule has 0 saturated carbocycles. The summed E-state index contributed by atoms with van der Waals surface area (Å²) in [6, 6.07) is 3.84. The minimum Gasteiger partial charge on any atom is -0.477 e. The summed E-state index contributed by atoms with van der Waals surface area (Å²) >= 11 is 1.14. The molecule has 0 fully saturated rings. The summed E-state index contributed by atoms with van der Waals surface area (Å²) in [7, 11) is 1.52. The highest BCUT2D eigenvalue weighted by molar-refractivity contribution is 7.17. The van der Waals surface area contributed by atoms with Gasteiger partial charge in [0.25, 0.3) is 0 Å². The van der Waals surface area contributed by atoms with Gasteiger partial charge in [-0.2, -0.15) is 0 Å². The SMILES string of the molecule is CCc1cccnc1-c1nc(COC)c(C(=O)O)s1. The molecule has 5 nitrogen and oxygen atoms in total. The molecule has 2 aromatic rings. The normalized spacial score (nSPS) is 10.6. The minimum absolute atomic E-state index is 0.187. The van der Waals surface area contributed by atoms with Crippen LogP contribution in [0.4, 0.5) is 0 Å². The second kappa shape index (κ2) is 5.90. The van der Waals surface area contributed by atoms with Gasteiger partial charge in [0.05, 0.1) is 12.3 Å². The van der Waals surface area contributed by atoms with E-state index in [2.05, 4.69) is 9.97 Å². The zero-order valence-corrected chi connectivity index (χ0v) is 11.5. The monoisotopic (exact) mass is 278 g/mol. The first-order valence-electron chi connectivity index (χ1n) is 5.83. The maximum Gasteiger partial charge on any atom is 0.347 e. The number of carbonyl (C=O) groups is 1. The molecule has 2 rings (SSSR count). The van der Waals surface area contributed by atoms with Gasteiger partial charge in [0, 0.05) is 13.3 Å². The smallest absolute Gasteiger partial charge is 0.347 e. The summed E-state index contributed by atoms with van der Waals surface area (Å²) in [5, 5.41) is 9.80. The number of pyridine rings is 1. The predicted molar refractivity (Wildman–Crippen MR) is 72.4 cm³/mol. The van der Waals surface area contributed by atoms with Crippen LogP contribution >= 0.6 is 11.3 Å². The molecule has 0 aromatic carbocycles. The zero-order chi connectivity index (χ0) is 13.8. The summed E-state index contributed by atoms with van der Waals surface area (Å²) in [5.41, 5.74) is 2.25. The van der Waals surface area contributed by atoms with Crippen molar-refractivity contribution in [1.82, 2.24) is 9.97 Å². The highest BCUT2D eigenvalue weighted by Gasteiger charge is 2.19. The fraction of sp³-hybridized carbons (Fsp3) is 0.308. The lowest BCUT2D eigenvalue weighted by Gasteiger charge is -2.02. The van der Waals surface area contributed by atoms with Crippen LogP contribution in [0, 0.1) is 0 Å². The molecule has 6 heteroatoms. The number of nitrogens with zero attached hydrogens (tertiary/aromatic N) is 2. The highest BCUT2D eigenvalue weighted by Crippen LogP contribution is 2.29. The van der Waals surface area contributed by atoms with Crippen molar-refractivity contribution in [3.8, 4) is 10.7 Å². The average molecular weight is 278 g/mol. The summed E-state index contributed by atoms with van der Waals surface area (Å²) in [5.74, 6) is -0.982. The molecule has 0 aliphatic rings. The van der Waals surface area contributed by atoms with Crippen molar-refractivity contribution < 1.29 is 14.6 Å². The number of aromatic nitrogens is 2. The van der Waals surface area contributed by atoms with Crippen molar-refractivity contribution in [2.75, 3.05) is 7.11 Å². The Balaban J connectivity index is 2.51.